The maximum Gasteiger partial charge on any atom is 0.259 e. The summed E-state index contributed by atoms with van der Waals surface area (Å²) >= 11 is 0. The lowest BCUT2D eigenvalue weighted by Crippen LogP contribution is -2.41. The summed E-state index contributed by atoms with van der Waals surface area (Å²) in [6.07, 6.45) is 3.86. The summed E-state index contributed by atoms with van der Waals surface area (Å²) in [7, 11) is 1.71. The number of hydrogen-bond donors (Lipinski definition) is 1. The first-order valence-corrected chi connectivity index (χ1v) is 9.08. The number of hydrogen-bond acceptors (Lipinski definition) is 4. The van der Waals surface area contributed by atoms with Gasteiger partial charge in [-0.15, -0.1) is 0 Å². The lowest BCUT2D eigenvalue weighted by Gasteiger charge is -2.26. The van der Waals surface area contributed by atoms with Crippen LogP contribution < -0.4 is 0 Å². The molecule has 1 amide bonds. The molecule has 3 aromatic rings. The Morgan fingerprint density at radius 1 is 1.22 bits per heavy atom. The van der Waals surface area contributed by atoms with Crippen LogP contribution in [0.2, 0.25) is 0 Å². The number of aromatic nitrogens is 3. The van der Waals surface area contributed by atoms with Gasteiger partial charge < -0.3 is 10.0 Å². The first kappa shape index (κ1) is 19.0. The highest BCUT2D eigenvalue weighted by atomic mass is 16.3. The van der Waals surface area contributed by atoms with Crippen LogP contribution in [0.25, 0.3) is 5.65 Å². The molecule has 0 saturated heterocycles. The molecule has 6 heteroatoms. The van der Waals surface area contributed by atoms with Crippen LogP contribution >= 0.6 is 0 Å². The topological polar surface area (TPSA) is 70.7 Å². The molecule has 0 saturated carbocycles. The van der Waals surface area contributed by atoms with Gasteiger partial charge in [-0.3, -0.25) is 4.79 Å². The van der Waals surface area contributed by atoms with Gasteiger partial charge in [-0.2, -0.15) is 5.10 Å². The summed E-state index contributed by atoms with van der Waals surface area (Å²) < 4.78 is 1.73. The van der Waals surface area contributed by atoms with Crippen LogP contribution in [-0.4, -0.2) is 50.2 Å². The quantitative estimate of drug-likeness (QED) is 0.754. The van der Waals surface area contributed by atoms with Crippen LogP contribution in [0.4, 0.5) is 0 Å². The van der Waals surface area contributed by atoms with Crippen molar-refractivity contribution in [2.45, 2.75) is 38.6 Å². The molecule has 0 bridgehead atoms. The third-order valence-electron chi connectivity index (χ3n) is 4.79. The minimum Gasteiger partial charge on any atom is -0.394 e. The molecule has 0 spiro atoms. The van der Waals surface area contributed by atoms with Crippen LogP contribution in [0, 0.1) is 0 Å². The summed E-state index contributed by atoms with van der Waals surface area (Å²) in [5, 5.41) is 14.2. The highest BCUT2D eigenvalue weighted by Crippen LogP contribution is 2.23. The molecule has 0 fully saturated rings. The minimum atomic E-state index is -0.319. The Labute approximate surface area is 159 Å². The van der Waals surface area contributed by atoms with E-state index in [9.17, 15) is 9.90 Å². The summed E-state index contributed by atoms with van der Waals surface area (Å²) in [6.45, 7) is 6.17. The number of nitrogens with zero attached hydrogens (tertiary/aromatic N) is 4. The van der Waals surface area contributed by atoms with E-state index < -0.39 is 0 Å². The SMILES string of the molecule is CN(C(=O)c1cnn2c(C(C)(C)C)ccnc12)C(CO)Cc1ccccc1. The predicted molar refractivity (Wildman–Crippen MR) is 105 cm³/mol. The van der Waals surface area contributed by atoms with Crippen molar-refractivity contribution in [1.82, 2.24) is 19.5 Å². The summed E-state index contributed by atoms with van der Waals surface area (Å²) in [4.78, 5) is 19.1. The van der Waals surface area contributed by atoms with Crippen molar-refractivity contribution in [3.63, 3.8) is 0 Å². The Bertz CT molecular complexity index is 928. The Kier molecular flexibility index (Phi) is 5.28. The van der Waals surface area contributed by atoms with Crippen molar-refractivity contribution < 1.29 is 9.90 Å². The zero-order chi connectivity index (χ0) is 19.6. The number of likely N-dealkylation sites (N-methyl/N-ethyl adjacent to an activating group) is 1. The smallest absolute Gasteiger partial charge is 0.259 e. The predicted octanol–water partition coefficient (Wildman–Crippen LogP) is 2.70. The molecule has 1 atom stereocenters. The molecule has 1 aromatic carbocycles. The Balaban J connectivity index is 1.90. The van der Waals surface area contributed by atoms with Crippen molar-refractivity contribution in [3.8, 4) is 0 Å². The average molecular weight is 366 g/mol. The molecular weight excluding hydrogens is 340 g/mol. The van der Waals surface area contributed by atoms with Gasteiger partial charge >= 0.3 is 0 Å². The maximum absolute atomic E-state index is 13.1. The monoisotopic (exact) mass is 366 g/mol. The van der Waals surface area contributed by atoms with Crippen molar-refractivity contribution in [2.24, 2.45) is 0 Å². The van der Waals surface area contributed by atoms with Gasteiger partial charge in [-0.1, -0.05) is 51.1 Å². The molecule has 0 aliphatic carbocycles. The number of fused-ring (bicyclic) bond motifs is 1. The second-order valence-corrected chi connectivity index (χ2v) is 7.82. The second-order valence-electron chi connectivity index (χ2n) is 7.82. The van der Waals surface area contributed by atoms with Gasteiger partial charge in [-0.25, -0.2) is 9.50 Å². The van der Waals surface area contributed by atoms with Crippen LogP contribution in [-0.2, 0) is 11.8 Å². The van der Waals surface area contributed by atoms with E-state index in [1.165, 1.54) is 0 Å². The molecule has 0 aliphatic rings. The van der Waals surface area contributed by atoms with Gasteiger partial charge in [0.15, 0.2) is 5.65 Å². The molecule has 2 heterocycles. The normalized spacial score (nSPS) is 12.9. The fraction of sp³-hybridized carbons (Fsp3) is 0.381. The fourth-order valence-corrected chi connectivity index (χ4v) is 3.18. The van der Waals surface area contributed by atoms with Crippen LogP contribution in [0.15, 0.2) is 48.8 Å². The molecule has 142 valence electrons. The molecule has 3 rings (SSSR count). The lowest BCUT2D eigenvalue weighted by atomic mass is 9.92. The van der Waals surface area contributed by atoms with Crippen molar-refractivity contribution in [2.75, 3.05) is 13.7 Å². The number of amides is 1. The van der Waals surface area contributed by atoms with Crippen LogP contribution in [0.5, 0.6) is 0 Å². The van der Waals surface area contributed by atoms with Crippen LogP contribution in [0.3, 0.4) is 0 Å². The Morgan fingerprint density at radius 2 is 1.93 bits per heavy atom. The largest absolute Gasteiger partial charge is 0.394 e. The molecule has 27 heavy (non-hydrogen) atoms. The number of aliphatic hydroxyl groups excluding tert-OH is 1. The number of benzene rings is 1. The van der Waals surface area contributed by atoms with Gasteiger partial charge in [0.05, 0.1) is 24.5 Å². The van der Waals surface area contributed by atoms with E-state index in [1.54, 1.807) is 28.9 Å². The Morgan fingerprint density at radius 3 is 2.56 bits per heavy atom. The third-order valence-corrected chi connectivity index (χ3v) is 4.79. The standard InChI is InChI=1S/C21H26N4O2/c1-21(2,3)18-10-11-22-19-17(13-23-25(18)19)20(27)24(4)16(14-26)12-15-8-6-5-7-9-15/h5-11,13,16,26H,12,14H2,1-4H3. The summed E-state index contributed by atoms with van der Waals surface area (Å²) in [5.41, 5.74) is 2.91. The maximum atomic E-state index is 13.1. The van der Waals surface area contributed by atoms with Crippen molar-refractivity contribution >= 4 is 11.6 Å². The molecule has 2 aromatic heterocycles. The highest BCUT2D eigenvalue weighted by molar-refractivity contribution is 5.99. The van der Waals surface area contributed by atoms with E-state index in [4.69, 9.17) is 0 Å². The van der Waals surface area contributed by atoms with E-state index in [0.29, 0.717) is 17.6 Å². The van der Waals surface area contributed by atoms with Gasteiger partial charge in [0, 0.05) is 18.7 Å². The van der Waals surface area contributed by atoms with Crippen LogP contribution in [0.1, 0.15) is 42.4 Å². The van der Waals surface area contributed by atoms with Gasteiger partial charge in [-0.05, 0) is 18.1 Å². The molecule has 6 nitrogen and oxygen atoms in total. The van der Waals surface area contributed by atoms with Gasteiger partial charge in [0.2, 0.25) is 0 Å². The molecule has 0 aliphatic heterocycles. The molecule has 1 N–H and O–H groups in total. The zero-order valence-electron chi connectivity index (χ0n) is 16.3. The molecule has 1 unspecified atom stereocenters. The second kappa shape index (κ2) is 7.48. The first-order valence-electron chi connectivity index (χ1n) is 9.08. The van der Waals surface area contributed by atoms with Gasteiger partial charge in [0.1, 0.15) is 5.56 Å². The number of aliphatic hydroxyl groups is 1. The number of carbonyl (C=O) groups is 1. The van der Waals surface area contributed by atoms with E-state index in [-0.39, 0.29) is 24.0 Å². The van der Waals surface area contributed by atoms with E-state index >= 15 is 0 Å². The zero-order valence-corrected chi connectivity index (χ0v) is 16.3. The van der Waals surface area contributed by atoms with Crippen molar-refractivity contribution in [3.05, 3.63) is 65.6 Å². The van der Waals surface area contributed by atoms with Gasteiger partial charge in [0.25, 0.3) is 5.91 Å². The number of carbonyl (C=O) groups excluding carboxylic acids is 1. The molecular formula is C21H26N4O2. The lowest BCUT2D eigenvalue weighted by molar-refractivity contribution is 0.0662. The third kappa shape index (κ3) is 3.85. The number of rotatable bonds is 5. The molecule has 0 radical (unpaired) electrons. The van der Waals surface area contributed by atoms with E-state index in [0.717, 1.165) is 11.3 Å². The van der Waals surface area contributed by atoms with E-state index in [1.807, 2.05) is 36.4 Å². The van der Waals surface area contributed by atoms with Crippen molar-refractivity contribution in [1.29, 1.82) is 0 Å². The highest BCUT2D eigenvalue weighted by Gasteiger charge is 2.26. The van der Waals surface area contributed by atoms with E-state index in [2.05, 4.69) is 30.9 Å². The fourth-order valence-electron chi connectivity index (χ4n) is 3.18. The average Bonchev–Trinajstić information content (AvgIpc) is 3.09. The summed E-state index contributed by atoms with van der Waals surface area (Å²) in [5.74, 6) is -0.196. The Hall–Kier alpha value is -2.73. The first-order chi connectivity index (χ1) is 12.8. The summed E-state index contributed by atoms with van der Waals surface area (Å²) in [6, 6.07) is 11.4. The minimum absolute atomic E-state index is 0.114.